The fraction of sp³-hybridized carbons (Fsp3) is 0.417. The Hall–Kier alpha value is -2.82. The molecule has 156 valence electrons. The van der Waals surface area contributed by atoms with Gasteiger partial charge in [-0.3, -0.25) is 9.59 Å². The molecule has 0 aliphatic heterocycles. The minimum atomic E-state index is -0.584. The van der Waals surface area contributed by atoms with Crippen LogP contribution in [0.5, 0.6) is 5.75 Å². The summed E-state index contributed by atoms with van der Waals surface area (Å²) in [6.07, 6.45) is 0.225. The van der Waals surface area contributed by atoms with E-state index >= 15 is 0 Å². The highest BCUT2D eigenvalue weighted by Gasteiger charge is 2.28. The Morgan fingerprint density at radius 1 is 1.07 bits per heavy atom. The predicted molar refractivity (Wildman–Crippen MR) is 116 cm³/mol. The van der Waals surface area contributed by atoms with Gasteiger partial charge in [-0.1, -0.05) is 36.4 Å². The van der Waals surface area contributed by atoms with Gasteiger partial charge in [-0.05, 0) is 63.4 Å². The number of ether oxygens (including phenoxy) is 1. The molecule has 0 aromatic heterocycles. The van der Waals surface area contributed by atoms with Gasteiger partial charge in [0.25, 0.3) is 0 Å². The van der Waals surface area contributed by atoms with Gasteiger partial charge >= 0.3 is 0 Å². The smallest absolute Gasteiger partial charge is 0.242 e. The normalized spacial score (nSPS) is 12.2. The second-order valence-corrected chi connectivity index (χ2v) is 8.39. The molecular formula is C24H32N2O3. The van der Waals surface area contributed by atoms with E-state index in [1.54, 1.807) is 18.9 Å². The van der Waals surface area contributed by atoms with Crippen LogP contribution >= 0.6 is 0 Å². The molecule has 0 aliphatic rings. The first-order valence-corrected chi connectivity index (χ1v) is 9.89. The summed E-state index contributed by atoms with van der Waals surface area (Å²) in [7, 11) is 1.61. The van der Waals surface area contributed by atoms with E-state index in [9.17, 15) is 9.59 Å². The average Bonchev–Trinajstić information content (AvgIpc) is 2.66. The average molecular weight is 397 g/mol. The van der Waals surface area contributed by atoms with E-state index in [4.69, 9.17) is 4.74 Å². The Labute approximate surface area is 174 Å². The molecule has 0 spiro atoms. The number of carbonyl (C=O) groups excluding carboxylic acids is 2. The van der Waals surface area contributed by atoms with E-state index in [0.29, 0.717) is 6.54 Å². The number of hydrogen-bond donors (Lipinski definition) is 1. The van der Waals surface area contributed by atoms with Gasteiger partial charge in [-0.15, -0.1) is 0 Å². The van der Waals surface area contributed by atoms with E-state index < -0.39 is 6.04 Å². The Kier molecular flexibility index (Phi) is 7.43. The van der Waals surface area contributed by atoms with E-state index in [0.717, 1.165) is 22.4 Å². The van der Waals surface area contributed by atoms with Gasteiger partial charge in [-0.2, -0.15) is 0 Å². The summed E-state index contributed by atoms with van der Waals surface area (Å²) >= 11 is 0. The highest BCUT2D eigenvalue weighted by Crippen LogP contribution is 2.17. The largest absolute Gasteiger partial charge is 0.497 e. The van der Waals surface area contributed by atoms with Crippen molar-refractivity contribution in [1.82, 2.24) is 10.2 Å². The molecule has 1 unspecified atom stereocenters. The molecule has 2 aromatic carbocycles. The number of aryl methyl sites for hydroxylation is 1. The van der Waals surface area contributed by atoms with Gasteiger partial charge in [0.05, 0.1) is 13.5 Å². The lowest BCUT2D eigenvalue weighted by atomic mass is 10.0. The number of hydrogen-bond acceptors (Lipinski definition) is 3. The molecule has 2 rings (SSSR count). The summed E-state index contributed by atoms with van der Waals surface area (Å²) < 4.78 is 5.18. The van der Waals surface area contributed by atoms with Crippen LogP contribution < -0.4 is 10.1 Å². The second-order valence-electron chi connectivity index (χ2n) is 8.39. The molecule has 0 fully saturated rings. The third-order valence-corrected chi connectivity index (χ3v) is 4.78. The summed E-state index contributed by atoms with van der Waals surface area (Å²) in [5.74, 6) is 0.500. The molecule has 5 heteroatoms. The summed E-state index contributed by atoms with van der Waals surface area (Å²) in [6.45, 7) is 9.99. The Balaban J connectivity index is 2.25. The molecular weight excluding hydrogens is 364 g/mol. The molecule has 0 radical (unpaired) electrons. The SMILES string of the molecule is COc1ccc(CC(=O)N(Cc2ccccc2C)C(C)C(=O)NC(C)(C)C)cc1. The number of nitrogens with one attached hydrogen (secondary N) is 1. The van der Waals surface area contributed by atoms with Crippen molar-refractivity contribution in [3.8, 4) is 5.75 Å². The molecule has 5 nitrogen and oxygen atoms in total. The number of methoxy groups -OCH3 is 1. The van der Waals surface area contributed by atoms with Crippen molar-refractivity contribution in [2.75, 3.05) is 7.11 Å². The monoisotopic (exact) mass is 396 g/mol. The van der Waals surface area contributed by atoms with Crippen LogP contribution in [0, 0.1) is 6.92 Å². The first-order valence-electron chi connectivity index (χ1n) is 9.89. The highest BCUT2D eigenvalue weighted by atomic mass is 16.5. The lowest BCUT2D eigenvalue weighted by molar-refractivity contribution is -0.140. The van der Waals surface area contributed by atoms with Gasteiger partial charge in [0.15, 0.2) is 0 Å². The van der Waals surface area contributed by atoms with Gasteiger partial charge < -0.3 is 15.0 Å². The number of benzene rings is 2. The number of carbonyl (C=O) groups is 2. The lowest BCUT2D eigenvalue weighted by Crippen LogP contribution is -2.52. The zero-order valence-electron chi connectivity index (χ0n) is 18.3. The zero-order chi connectivity index (χ0) is 21.6. The van der Waals surface area contributed by atoms with E-state index in [-0.39, 0.29) is 23.8 Å². The van der Waals surface area contributed by atoms with Crippen LogP contribution in [0.2, 0.25) is 0 Å². The van der Waals surface area contributed by atoms with Crippen molar-refractivity contribution in [3.63, 3.8) is 0 Å². The van der Waals surface area contributed by atoms with Gasteiger partial charge in [0.2, 0.25) is 11.8 Å². The molecule has 2 aromatic rings. The highest BCUT2D eigenvalue weighted by molar-refractivity contribution is 5.88. The molecule has 0 saturated carbocycles. The van der Waals surface area contributed by atoms with Crippen LogP contribution in [0.3, 0.4) is 0 Å². The molecule has 0 saturated heterocycles. The summed E-state index contributed by atoms with van der Waals surface area (Å²) in [5.41, 5.74) is 2.65. The van der Waals surface area contributed by atoms with Gasteiger partial charge in [0, 0.05) is 12.1 Å². The minimum absolute atomic E-state index is 0.0880. The van der Waals surface area contributed by atoms with Crippen molar-refractivity contribution in [3.05, 3.63) is 65.2 Å². The van der Waals surface area contributed by atoms with Crippen LogP contribution in [-0.4, -0.2) is 35.4 Å². The molecule has 0 aliphatic carbocycles. The van der Waals surface area contributed by atoms with E-state index in [1.807, 2.05) is 76.2 Å². The lowest BCUT2D eigenvalue weighted by Gasteiger charge is -2.32. The standard InChI is InChI=1S/C24H32N2O3/c1-17-9-7-8-10-20(17)16-26(18(2)23(28)25-24(3,4)5)22(27)15-19-11-13-21(29-6)14-12-19/h7-14,18H,15-16H2,1-6H3,(H,25,28). The van der Waals surface area contributed by atoms with Crippen LogP contribution in [0.4, 0.5) is 0 Å². The first-order chi connectivity index (χ1) is 13.6. The van der Waals surface area contributed by atoms with Crippen molar-refractivity contribution in [2.45, 2.75) is 59.2 Å². The van der Waals surface area contributed by atoms with Crippen LogP contribution in [-0.2, 0) is 22.6 Å². The van der Waals surface area contributed by atoms with Crippen molar-refractivity contribution in [1.29, 1.82) is 0 Å². The fourth-order valence-corrected chi connectivity index (χ4v) is 3.05. The minimum Gasteiger partial charge on any atom is -0.497 e. The van der Waals surface area contributed by atoms with Crippen LogP contribution in [0.25, 0.3) is 0 Å². The molecule has 1 N–H and O–H groups in total. The molecule has 1 atom stereocenters. The molecule has 29 heavy (non-hydrogen) atoms. The van der Waals surface area contributed by atoms with Crippen molar-refractivity contribution >= 4 is 11.8 Å². The number of amides is 2. The van der Waals surface area contributed by atoms with Crippen LogP contribution in [0.15, 0.2) is 48.5 Å². The van der Waals surface area contributed by atoms with Gasteiger partial charge in [0.1, 0.15) is 11.8 Å². The quantitative estimate of drug-likeness (QED) is 0.773. The maximum atomic E-state index is 13.2. The van der Waals surface area contributed by atoms with Crippen molar-refractivity contribution in [2.24, 2.45) is 0 Å². The fourth-order valence-electron chi connectivity index (χ4n) is 3.05. The Morgan fingerprint density at radius 3 is 2.24 bits per heavy atom. The third-order valence-electron chi connectivity index (χ3n) is 4.78. The van der Waals surface area contributed by atoms with Crippen LogP contribution in [0.1, 0.15) is 44.4 Å². The molecule has 2 amide bonds. The first kappa shape index (κ1) is 22.5. The Bertz CT molecular complexity index is 838. The van der Waals surface area contributed by atoms with E-state index in [2.05, 4.69) is 5.32 Å². The van der Waals surface area contributed by atoms with Crippen molar-refractivity contribution < 1.29 is 14.3 Å². The predicted octanol–water partition coefficient (Wildman–Crippen LogP) is 3.88. The number of rotatable bonds is 7. The Morgan fingerprint density at radius 2 is 1.69 bits per heavy atom. The number of nitrogens with zero attached hydrogens (tertiary/aromatic N) is 1. The van der Waals surface area contributed by atoms with Gasteiger partial charge in [-0.25, -0.2) is 0 Å². The summed E-state index contributed by atoms with van der Waals surface area (Å²) in [5, 5.41) is 2.98. The maximum Gasteiger partial charge on any atom is 0.242 e. The molecule has 0 heterocycles. The van der Waals surface area contributed by atoms with E-state index in [1.165, 1.54) is 0 Å². The summed E-state index contributed by atoms with van der Waals surface area (Å²) in [4.78, 5) is 27.7. The third kappa shape index (κ3) is 6.63. The topological polar surface area (TPSA) is 58.6 Å². The summed E-state index contributed by atoms with van der Waals surface area (Å²) in [6, 6.07) is 14.8. The maximum absolute atomic E-state index is 13.2. The second kappa shape index (κ2) is 9.59. The molecule has 0 bridgehead atoms. The zero-order valence-corrected chi connectivity index (χ0v) is 18.3.